The van der Waals surface area contributed by atoms with Crippen molar-refractivity contribution >= 4 is 5.57 Å². The van der Waals surface area contributed by atoms with Crippen LogP contribution in [0.3, 0.4) is 0 Å². The molecule has 0 unspecified atom stereocenters. The predicted molar refractivity (Wildman–Crippen MR) is 93.3 cm³/mol. The molecular weight excluding hydrogens is 266 g/mol. The lowest BCUT2D eigenvalue weighted by Gasteiger charge is -2.29. The van der Waals surface area contributed by atoms with Crippen LogP contribution in [0.5, 0.6) is 0 Å². The topological polar surface area (TPSA) is 26.0 Å². The molecule has 1 aromatic rings. The van der Waals surface area contributed by atoms with Crippen molar-refractivity contribution in [2.75, 3.05) is 0 Å². The molecule has 0 saturated heterocycles. The summed E-state index contributed by atoms with van der Waals surface area (Å²) in [7, 11) is 0. The monoisotopic (exact) mass is 289 g/mol. The molecule has 0 saturated carbocycles. The smallest absolute Gasteiger partial charge is 0.0161 e. The summed E-state index contributed by atoms with van der Waals surface area (Å²) in [5, 5.41) is 0. The maximum absolute atomic E-state index is 5.94. The minimum atomic E-state index is 0.103. The second-order valence-electron chi connectivity index (χ2n) is 7.11. The Labute approximate surface area is 132 Å². The van der Waals surface area contributed by atoms with Gasteiger partial charge in [0.05, 0.1) is 0 Å². The fraction of sp³-hybridized carbons (Fsp3) is 0.333. The lowest BCUT2D eigenvalue weighted by atomic mass is 9.74. The molecule has 0 aromatic heterocycles. The average Bonchev–Trinajstić information content (AvgIpc) is 2.77. The van der Waals surface area contributed by atoms with Crippen LogP contribution >= 0.6 is 0 Å². The molecule has 0 heterocycles. The lowest BCUT2D eigenvalue weighted by molar-refractivity contribution is 0.645. The Morgan fingerprint density at radius 3 is 2.59 bits per heavy atom. The molecule has 3 aliphatic carbocycles. The molecule has 22 heavy (non-hydrogen) atoms. The number of hydrogen-bond acceptors (Lipinski definition) is 1. The molecular formula is C21H23N. The van der Waals surface area contributed by atoms with Crippen LogP contribution in [0, 0.1) is 0 Å². The normalized spacial score (nSPS) is 22.5. The summed E-state index contributed by atoms with van der Waals surface area (Å²) >= 11 is 0. The van der Waals surface area contributed by atoms with E-state index in [4.69, 9.17) is 5.73 Å². The van der Waals surface area contributed by atoms with Crippen molar-refractivity contribution in [1.29, 1.82) is 0 Å². The van der Waals surface area contributed by atoms with Crippen LogP contribution in [0.4, 0.5) is 0 Å². The van der Waals surface area contributed by atoms with Gasteiger partial charge < -0.3 is 5.73 Å². The van der Waals surface area contributed by atoms with Crippen molar-refractivity contribution in [3.8, 4) is 0 Å². The largest absolute Gasteiger partial charge is 0.402 e. The highest BCUT2D eigenvalue weighted by molar-refractivity contribution is 5.92. The van der Waals surface area contributed by atoms with E-state index in [1.54, 1.807) is 11.1 Å². The second-order valence-corrected chi connectivity index (χ2v) is 7.11. The lowest BCUT2D eigenvalue weighted by Crippen LogP contribution is -2.19. The van der Waals surface area contributed by atoms with Crippen molar-refractivity contribution in [2.24, 2.45) is 5.73 Å². The van der Waals surface area contributed by atoms with E-state index < -0.39 is 0 Å². The van der Waals surface area contributed by atoms with E-state index in [1.165, 1.54) is 22.3 Å². The van der Waals surface area contributed by atoms with Gasteiger partial charge in [-0.25, -0.2) is 0 Å². The van der Waals surface area contributed by atoms with E-state index >= 15 is 0 Å². The highest BCUT2D eigenvalue weighted by atomic mass is 14.6. The van der Waals surface area contributed by atoms with E-state index in [9.17, 15) is 0 Å². The van der Waals surface area contributed by atoms with E-state index in [-0.39, 0.29) is 5.41 Å². The standard InChI is InChI=1S/C21H23N/c1-21(2)19-9-4-3-6-17(19)18-8-5-7-16(20(18)21)14-10-12-15(22)13-11-14/h3-4,6,8-10,12H,5,7,11,13,22H2,1-2H3. The van der Waals surface area contributed by atoms with Gasteiger partial charge in [-0.3, -0.25) is 0 Å². The zero-order chi connectivity index (χ0) is 15.3. The molecule has 1 aromatic carbocycles. The van der Waals surface area contributed by atoms with Gasteiger partial charge in [0.1, 0.15) is 0 Å². The van der Waals surface area contributed by atoms with Gasteiger partial charge in [-0.05, 0) is 65.2 Å². The third-order valence-electron chi connectivity index (χ3n) is 5.40. The van der Waals surface area contributed by atoms with Crippen LogP contribution in [0.25, 0.3) is 5.57 Å². The Hall–Kier alpha value is -2.02. The maximum atomic E-state index is 5.94. The molecule has 0 bridgehead atoms. The fourth-order valence-corrected chi connectivity index (χ4v) is 4.33. The molecule has 0 radical (unpaired) electrons. The zero-order valence-corrected chi connectivity index (χ0v) is 13.4. The fourth-order valence-electron chi connectivity index (χ4n) is 4.33. The number of rotatable bonds is 1. The molecule has 1 heteroatoms. The number of fused-ring (bicyclic) bond motifs is 3. The summed E-state index contributed by atoms with van der Waals surface area (Å²) in [5.74, 6) is 0. The quantitative estimate of drug-likeness (QED) is 0.772. The van der Waals surface area contributed by atoms with E-state index in [2.05, 4.69) is 56.3 Å². The summed E-state index contributed by atoms with van der Waals surface area (Å²) in [6, 6.07) is 8.91. The van der Waals surface area contributed by atoms with Crippen molar-refractivity contribution < 1.29 is 0 Å². The van der Waals surface area contributed by atoms with Crippen LogP contribution in [0.15, 0.2) is 64.9 Å². The molecule has 0 atom stereocenters. The van der Waals surface area contributed by atoms with E-state index in [0.717, 1.165) is 31.4 Å². The molecule has 112 valence electrons. The Bertz CT molecular complexity index is 769. The van der Waals surface area contributed by atoms with Gasteiger partial charge in [-0.2, -0.15) is 0 Å². The molecule has 2 N–H and O–H groups in total. The van der Waals surface area contributed by atoms with Gasteiger partial charge in [-0.15, -0.1) is 0 Å². The zero-order valence-electron chi connectivity index (χ0n) is 13.4. The first-order chi connectivity index (χ1) is 10.6. The summed E-state index contributed by atoms with van der Waals surface area (Å²) < 4.78 is 0. The number of benzene rings is 1. The Balaban J connectivity index is 1.93. The molecule has 0 amide bonds. The molecule has 0 fully saturated rings. The van der Waals surface area contributed by atoms with Crippen LogP contribution < -0.4 is 5.73 Å². The van der Waals surface area contributed by atoms with Crippen molar-refractivity contribution in [2.45, 2.75) is 44.9 Å². The van der Waals surface area contributed by atoms with Crippen LogP contribution in [0.2, 0.25) is 0 Å². The molecule has 4 rings (SSSR count). The van der Waals surface area contributed by atoms with Gasteiger partial charge in [0.25, 0.3) is 0 Å². The van der Waals surface area contributed by atoms with E-state index in [1.807, 2.05) is 0 Å². The number of nitrogens with two attached hydrogens (primary N) is 1. The van der Waals surface area contributed by atoms with Gasteiger partial charge in [0.15, 0.2) is 0 Å². The van der Waals surface area contributed by atoms with Crippen molar-refractivity contribution in [1.82, 2.24) is 0 Å². The first-order valence-electron chi connectivity index (χ1n) is 8.28. The number of hydrogen-bond donors (Lipinski definition) is 1. The predicted octanol–water partition coefficient (Wildman–Crippen LogP) is 5.01. The Morgan fingerprint density at radius 2 is 1.82 bits per heavy atom. The van der Waals surface area contributed by atoms with Crippen LogP contribution in [-0.2, 0) is 5.41 Å². The third kappa shape index (κ3) is 1.85. The SMILES string of the molecule is CC1(C)C2=C(C3=CC=C(N)CC3)CCC=C2c2ccccc21. The first kappa shape index (κ1) is 13.6. The second kappa shape index (κ2) is 4.74. The highest BCUT2D eigenvalue weighted by Gasteiger charge is 2.40. The van der Waals surface area contributed by atoms with Gasteiger partial charge in [0, 0.05) is 11.1 Å². The van der Waals surface area contributed by atoms with Crippen molar-refractivity contribution in [3.05, 3.63) is 76.0 Å². The maximum Gasteiger partial charge on any atom is 0.0161 e. The van der Waals surface area contributed by atoms with Crippen LogP contribution in [-0.4, -0.2) is 0 Å². The number of allylic oxidation sites excluding steroid dienone is 8. The first-order valence-corrected chi connectivity index (χ1v) is 8.28. The summed E-state index contributed by atoms with van der Waals surface area (Å²) in [6.45, 7) is 4.75. The Kier molecular flexibility index (Phi) is 2.94. The van der Waals surface area contributed by atoms with E-state index in [0.29, 0.717) is 0 Å². The van der Waals surface area contributed by atoms with Gasteiger partial charge in [-0.1, -0.05) is 50.3 Å². The Morgan fingerprint density at radius 1 is 1.00 bits per heavy atom. The van der Waals surface area contributed by atoms with Crippen LogP contribution in [0.1, 0.15) is 50.7 Å². The molecule has 0 aliphatic heterocycles. The van der Waals surface area contributed by atoms with Gasteiger partial charge in [0.2, 0.25) is 0 Å². The third-order valence-corrected chi connectivity index (χ3v) is 5.40. The summed E-state index contributed by atoms with van der Waals surface area (Å²) in [6.07, 6.45) is 11.2. The summed E-state index contributed by atoms with van der Waals surface area (Å²) in [4.78, 5) is 0. The average molecular weight is 289 g/mol. The van der Waals surface area contributed by atoms with Gasteiger partial charge >= 0.3 is 0 Å². The summed E-state index contributed by atoms with van der Waals surface area (Å²) in [5.41, 5.74) is 16.1. The minimum absolute atomic E-state index is 0.103. The molecule has 3 aliphatic rings. The molecule has 0 spiro atoms. The minimum Gasteiger partial charge on any atom is -0.402 e. The highest BCUT2D eigenvalue weighted by Crippen LogP contribution is 2.54. The van der Waals surface area contributed by atoms with Crippen molar-refractivity contribution in [3.63, 3.8) is 0 Å². The molecule has 1 nitrogen and oxygen atoms in total.